The highest BCUT2D eigenvalue weighted by Crippen LogP contribution is 2.29. The van der Waals surface area contributed by atoms with Crippen molar-refractivity contribution in [3.05, 3.63) is 100 Å². The zero-order valence-electron chi connectivity index (χ0n) is 18.3. The molecule has 0 aliphatic carbocycles. The summed E-state index contributed by atoms with van der Waals surface area (Å²) in [6, 6.07) is 20.0. The molecule has 0 saturated carbocycles. The average molecular weight is 532 g/mol. The lowest BCUT2D eigenvalue weighted by atomic mass is 10.3. The number of rotatable bonds is 8. The second-order valence-corrected chi connectivity index (χ2v) is 10.1. The van der Waals surface area contributed by atoms with Crippen LogP contribution in [0.3, 0.4) is 0 Å². The van der Waals surface area contributed by atoms with E-state index >= 15 is 0 Å². The van der Waals surface area contributed by atoms with Crippen molar-refractivity contribution in [2.75, 3.05) is 12.4 Å². The van der Waals surface area contributed by atoms with Gasteiger partial charge in [0.1, 0.15) is 23.9 Å². The van der Waals surface area contributed by atoms with E-state index < -0.39 is 15.7 Å². The molecule has 4 rings (SSSR count). The Hall–Kier alpha value is -3.46. The van der Waals surface area contributed by atoms with Gasteiger partial charge in [-0.2, -0.15) is 0 Å². The molecule has 180 valence electrons. The molecule has 0 aliphatic rings. The third-order valence-electron chi connectivity index (χ3n) is 4.87. The van der Waals surface area contributed by atoms with Gasteiger partial charge in [-0.25, -0.2) is 8.42 Å². The highest BCUT2D eigenvalue weighted by molar-refractivity contribution is 7.91. The summed E-state index contributed by atoms with van der Waals surface area (Å²) in [5, 5.41) is 3.60. The number of nitrogens with one attached hydrogen (secondary N) is 1. The van der Waals surface area contributed by atoms with Crippen LogP contribution in [0.1, 0.15) is 16.3 Å². The monoisotopic (exact) mass is 531 g/mol. The van der Waals surface area contributed by atoms with Gasteiger partial charge in [0.2, 0.25) is 9.84 Å². The largest absolute Gasteiger partial charge is 0.497 e. The van der Waals surface area contributed by atoms with Crippen molar-refractivity contribution in [2.24, 2.45) is 0 Å². The first-order chi connectivity index (χ1) is 16.7. The quantitative estimate of drug-likeness (QED) is 0.288. The summed E-state index contributed by atoms with van der Waals surface area (Å²) in [6.45, 7) is 0.0935. The summed E-state index contributed by atoms with van der Waals surface area (Å²) in [6.07, 6.45) is 0. The third-order valence-corrected chi connectivity index (χ3v) is 7.11. The summed E-state index contributed by atoms with van der Waals surface area (Å²) in [4.78, 5) is 12.8. The van der Waals surface area contributed by atoms with Gasteiger partial charge >= 0.3 is 0 Å². The van der Waals surface area contributed by atoms with E-state index in [1.54, 1.807) is 30.3 Å². The Morgan fingerprint density at radius 1 is 0.886 bits per heavy atom. The van der Waals surface area contributed by atoms with Crippen LogP contribution in [0.25, 0.3) is 0 Å². The van der Waals surface area contributed by atoms with Crippen molar-refractivity contribution in [2.45, 2.75) is 16.4 Å². The molecule has 1 N–H and O–H groups in total. The van der Waals surface area contributed by atoms with Crippen molar-refractivity contribution in [3.8, 4) is 11.5 Å². The molecule has 0 unspecified atom stereocenters. The minimum Gasteiger partial charge on any atom is -0.497 e. The number of anilines is 1. The molecule has 7 nitrogen and oxygen atoms in total. The van der Waals surface area contributed by atoms with Gasteiger partial charge < -0.3 is 19.2 Å². The minimum absolute atomic E-state index is 0.0274. The molecular formula is C25H19Cl2NO6S. The average Bonchev–Trinajstić information content (AvgIpc) is 3.32. The van der Waals surface area contributed by atoms with E-state index in [9.17, 15) is 13.2 Å². The number of amides is 1. The van der Waals surface area contributed by atoms with Crippen molar-refractivity contribution in [1.82, 2.24) is 0 Å². The van der Waals surface area contributed by atoms with Crippen molar-refractivity contribution >= 4 is 44.6 Å². The summed E-state index contributed by atoms with van der Waals surface area (Å²) in [5.74, 6) is 0.699. The van der Waals surface area contributed by atoms with Crippen LogP contribution >= 0.6 is 23.2 Å². The van der Waals surface area contributed by atoms with Gasteiger partial charge in [0, 0.05) is 21.8 Å². The summed E-state index contributed by atoms with van der Waals surface area (Å²) in [7, 11) is -2.48. The molecule has 0 fully saturated rings. The van der Waals surface area contributed by atoms with Crippen LogP contribution in [0, 0.1) is 0 Å². The smallest absolute Gasteiger partial charge is 0.291 e. The highest BCUT2D eigenvalue weighted by Gasteiger charge is 2.21. The molecule has 10 heteroatoms. The maximum absolute atomic E-state index is 13.1. The molecule has 3 aromatic carbocycles. The number of furan rings is 1. The fraction of sp³-hybridized carbons (Fsp3) is 0.0800. The molecule has 35 heavy (non-hydrogen) atoms. The van der Waals surface area contributed by atoms with Crippen molar-refractivity contribution in [1.29, 1.82) is 0 Å². The normalized spacial score (nSPS) is 11.2. The number of carbonyl (C=O) groups is 1. The second-order valence-electron chi connectivity index (χ2n) is 7.32. The van der Waals surface area contributed by atoms with Crippen LogP contribution in [-0.4, -0.2) is 21.4 Å². The number of sulfone groups is 1. The van der Waals surface area contributed by atoms with Gasteiger partial charge in [-0.3, -0.25) is 4.79 Å². The topological polar surface area (TPSA) is 94.8 Å². The molecule has 1 amide bonds. The van der Waals surface area contributed by atoms with Crippen molar-refractivity contribution in [3.63, 3.8) is 0 Å². The summed E-state index contributed by atoms with van der Waals surface area (Å²) >= 11 is 11.8. The fourth-order valence-corrected chi connectivity index (χ4v) is 4.77. The summed E-state index contributed by atoms with van der Waals surface area (Å²) in [5.41, 5.74) is 0.218. The molecule has 1 aromatic heterocycles. The van der Waals surface area contributed by atoms with Gasteiger partial charge in [0.15, 0.2) is 5.76 Å². The van der Waals surface area contributed by atoms with Gasteiger partial charge in [0.05, 0.1) is 16.9 Å². The van der Waals surface area contributed by atoms with Crippen LogP contribution in [0.15, 0.2) is 93.1 Å². The van der Waals surface area contributed by atoms with Crippen LogP contribution in [0.5, 0.6) is 11.5 Å². The van der Waals surface area contributed by atoms with Crippen LogP contribution < -0.4 is 14.8 Å². The Bertz CT molecular complexity index is 1470. The zero-order chi connectivity index (χ0) is 25.0. The predicted molar refractivity (Wildman–Crippen MR) is 132 cm³/mol. The molecule has 0 spiro atoms. The molecule has 0 aliphatic heterocycles. The number of benzene rings is 3. The van der Waals surface area contributed by atoms with E-state index in [0.717, 1.165) is 0 Å². The number of hydrogen-bond acceptors (Lipinski definition) is 6. The molecule has 0 saturated heterocycles. The van der Waals surface area contributed by atoms with E-state index in [1.165, 1.54) is 55.6 Å². The van der Waals surface area contributed by atoms with Gasteiger partial charge in [-0.05, 0) is 66.7 Å². The van der Waals surface area contributed by atoms with E-state index in [-0.39, 0.29) is 33.6 Å². The van der Waals surface area contributed by atoms with Crippen LogP contribution in [0.4, 0.5) is 5.69 Å². The highest BCUT2D eigenvalue weighted by atomic mass is 35.5. The Morgan fingerprint density at radius 3 is 2.37 bits per heavy atom. The lowest BCUT2D eigenvalue weighted by Crippen LogP contribution is -2.12. The molecular weight excluding hydrogens is 513 g/mol. The Balaban J connectivity index is 1.51. The van der Waals surface area contributed by atoms with Gasteiger partial charge in [0.25, 0.3) is 5.91 Å². The van der Waals surface area contributed by atoms with E-state index in [2.05, 4.69) is 5.32 Å². The van der Waals surface area contributed by atoms with Gasteiger partial charge in [-0.15, -0.1) is 0 Å². The Morgan fingerprint density at radius 2 is 1.66 bits per heavy atom. The number of carbonyl (C=O) groups excluding carboxylic acids is 1. The first-order valence-electron chi connectivity index (χ1n) is 10.2. The predicted octanol–water partition coefficient (Wildman–Crippen LogP) is 6.26. The number of halogens is 2. The molecule has 4 aromatic rings. The van der Waals surface area contributed by atoms with E-state index in [4.69, 9.17) is 37.1 Å². The SMILES string of the molecule is COc1cc(NC(=O)c2ccc(COc3cccc(Cl)c3)o2)cc(S(=O)(=O)c2ccc(Cl)cc2)c1. The van der Waals surface area contributed by atoms with Gasteiger partial charge in [-0.1, -0.05) is 29.3 Å². The molecule has 0 atom stereocenters. The lowest BCUT2D eigenvalue weighted by molar-refractivity contribution is 0.0992. The van der Waals surface area contributed by atoms with Crippen LogP contribution in [-0.2, 0) is 16.4 Å². The minimum atomic E-state index is -3.88. The van der Waals surface area contributed by atoms with E-state index in [0.29, 0.717) is 21.6 Å². The number of ether oxygens (including phenoxy) is 2. The lowest BCUT2D eigenvalue weighted by Gasteiger charge is -2.11. The standard InChI is InChI=1S/C25H19Cl2NO6S/c1-32-21-12-18(13-23(14-21)35(30,31)22-8-5-16(26)6-9-22)28-25(29)24-10-7-20(34-24)15-33-19-4-2-3-17(27)11-19/h2-14H,15H2,1H3,(H,28,29). The van der Waals surface area contributed by atoms with E-state index in [1.807, 2.05) is 0 Å². The second kappa shape index (κ2) is 10.4. The van der Waals surface area contributed by atoms with Crippen molar-refractivity contribution < 1.29 is 27.1 Å². The Labute approximate surface area is 212 Å². The third kappa shape index (κ3) is 5.97. The number of methoxy groups -OCH3 is 1. The first-order valence-corrected chi connectivity index (χ1v) is 12.5. The molecule has 1 heterocycles. The Kier molecular flexibility index (Phi) is 7.35. The maximum Gasteiger partial charge on any atom is 0.291 e. The maximum atomic E-state index is 13.1. The fourth-order valence-electron chi connectivity index (χ4n) is 3.15. The van der Waals surface area contributed by atoms with Crippen LogP contribution in [0.2, 0.25) is 10.0 Å². The molecule has 0 radical (unpaired) electrons. The zero-order valence-corrected chi connectivity index (χ0v) is 20.7. The molecule has 0 bridgehead atoms. The number of hydrogen-bond donors (Lipinski definition) is 1. The first kappa shape index (κ1) is 24.7. The summed E-state index contributed by atoms with van der Waals surface area (Å²) < 4.78 is 42.6.